The van der Waals surface area contributed by atoms with Crippen LogP contribution in [0.25, 0.3) is 0 Å². The molecule has 0 unspecified atom stereocenters. The van der Waals surface area contributed by atoms with Gasteiger partial charge in [-0.3, -0.25) is 4.79 Å². The van der Waals surface area contributed by atoms with E-state index >= 15 is 0 Å². The molecule has 1 rings (SSSR count). The van der Waals surface area contributed by atoms with Crippen LogP contribution in [0.15, 0.2) is 0 Å². The predicted molar refractivity (Wildman–Crippen MR) is 66.9 cm³/mol. The van der Waals surface area contributed by atoms with Crippen molar-refractivity contribution in [2.75, 3.05) is 18.6 Å². The van der Waals surface area contributed by atoms with E-state index in [0.717, 1.165) is 29.6 Å². The van der Waals surface area contributed by atoms with Gasteiger partial charge in [-0.25, -0.2) is 8.42 Å². The second-order valence-corrected chi connectivity index (χ2v) is 8.79. The van der Waals surface area contributed by atoms with Crippen molar-refractivity contribution in [3.63, 3.8) is 0 Å². The summed E-state index contributed by atoms with van der Waals surface area (Å²) in [6, 6.07) is 0. The average molecular weight is 265 g/mol. The molecule has 1 aliphatic carbocycles. The zero-order valence-corrected chi connectivity index (χ0v) is 11.2. The van der Waals surface area contributed by atoms with Crippen molar-refractivity contribution in [3.8, 4) is 0 Å². The van der Waals surface area contributed by atoms with Gasteiger partial charge in [-0.2, -0.15) is 0 Å². The van der Waals surface area contributed by atoms with E-state index in [4.69, 9.17) is 0 Å². The Balaban J connectivity index is 1.92. The molecular formula is C10H19NO3S2. The molecule has 0 spiro atoms. The molecule has 6 heteroatoms. The Morgan fingerprint density at radius 3 is 2.69 bits per heavy atom. The highest BCUT2D eigenvalue weighted by Crippen LogP contribution is 2.33. The van der Waals surface area contributed by atoms with Crippen molar-refractivity contribution in [1.82, 2.24) is 5.32 Å². The topological polar surface area (TPSA) is 63.2 Å². The maximum atomic E-state index is 11.3. The fraction of sp³-hybridized carbons (Fsp3) is 0.900. The van der Waals surface area contributed by atoms with E-state index in [2.05, 4.69) is 5.32 Å². The molecule has 1 saturated carbocycles. The Labute approximate surface area is 101 Å². The molecule has 0 heterocycles. The number of hydrogen-bond donors (Lipinski definition) is 1. The maximum absolute atomic E-state index is 11.3. The van der Waals surface area contributed by atoms with Crippen LogP contribution < -0.4 is 5.32 Å². The minimum Gasteiger partial charge on any atom is -0.355 e. The third-order valence-corrected chi connectivity index (χ3v) is 5.02. The molecule has 0 radical (unpaired) electrons. The van der Waals surface area contributed by atoms with Crippen LogP contribution in [-0.4, -0.2) is 32.9 Å². The van der Waals surface area contributed by atoms with Gasteiger partial charge in [0.25, 0.3) is 0 Å². The van der Waals surface area contributed by atoms with Crippen molar-refractivity contribution in [2.45, 2.75) is 32.1 Å². The Hall–Kier alpha value is -0.230. The van der Waals surface area contributed by atoms with E-state index in [1.165, 1.54) is 19.1 Å². The second-order valence-electron chi connectivity index (χ2n) is 4.21. The summed E-state index contributed by atoms with van der Waals surface area (Å²) >= 11 is 0. The van der Waals surface area contributed by atoms with Gasteiger partial charge in [-0.15, -0.1) is 0 Å². The number of carbonyl (C=O) groups is 1. The predicted octanol–water partition coefficient (Wildman–Crippen LogP) is 1.38. The van der Waals surface area contributed by atoms with Crippen molar-refractivity contribution in [2.24, 2.45) is 5.92 Å². The first-order chi connectivity index (χ1) is 7.47. The lowest BCUT2D eigenvalue weighted by molar-refractivity contribution is -0.121. The lowest BCUT2D eigenvalue weighted by Crippen LogP contribution is -2.25. The third-order valence-electron chi connectivity index (χ3n) is 2.43. The zero-order valence-electron chi connectivity index (χ0n) is 9.57. The molecule has 0 atom stereocenters. The van der Waals surface area contributed by atoms with Crippen molar-refractivity contribution < 1.29 is 13.2 Å². The molecule has 1 amide bonds. The largest absolute Gasteiger partial charge is 0.355 e. The Bertz CT molecular complexity index is 323. The van der Waals surface area contributed by atoms with E-state index in [-0.39, 0.29) is 5.91 Å². The molecular weight excluding hydrogens is 246 g/mol. The molecule has 0 bridgehead atoms. The minimum absolute atomic E-state index is 0.0368. The molecule has 0 aromatic carbocycles. The fourth-order valence-electron chi connectivity index (χ4n) is 1.43. The highest BCUT2D eigenvalue weighted by Gasteiger charge is 2.20. The minimum atomic E-state index is -2.98. The lowest BCUT2D eigenvalue weighted by Gasteiger charge is -2.03. The molecule has 94 valence electrons. The summed E-state index contributed by atoms with van der Waals surface area (Å²) in [5, 5.41) is 2.73. The van der Waals surface area contributed by atoms with E-state index in [1.807, 2.05) is 0 Å². The Kier molecular flexibility index (Phi) is 5.61. The molecule has 16 heavy (non-hydrogen) atoms. The molecule has 1 aliphatic rings. The van der Waals surface area contributed by atoms with Gasteiger partial charge in [0, 0.05) is 25.0 Å². The normalized spacial score (nSPS) is 16.1. The van der Waals surface area contributed by atoms with Crippen LogP contribution in [0.1, 0.15) is 32.1 Å². The smallest absolute Gasteiger partial charge is 0.220 e. The van der Waals surface area contributed by atoms with E-state index in [9.17, 15) is 13.2 Å². The molecule has 1 N–H and O–H groups in total. The van der Waals surface area contributed by atoms with E-state index < -0.39 is 8.87 Å². The molecule has 0 saturated heterocycles. The molecule has 0 aromatic rings. The van der Waals surface area contributed by atoms with Crippen LogP contribution in [0.4, 0.5) is 0 Å². The van der Waals surface area contributed by atoms with Gasteiger partial charge < -0.3 is 5.32 Å². The van der Waals surface area contributed by atoms with Gasteiger partial charge in [0.05, 0.1) is 0 Å². The Morgan fingerprint density at radius 2 is 2.12 bits per heavy atom. The van der Waals surface area contributed by atoms with Gasteiger partial charge >= 0.3 is 0 Å². The summed E-state index contributed by atoms with van der Waals surface area (Å²) in [5.41, 5.74) is 0. The first-order valence-corrected chi connectivity index (χ1v) is 8.98. The average Bonchev–Trinajstić information content (AvgIpc) is 2.95. The third kappa shape index (κ3) is 7.98. The van der Waals surface area contributed by atoms with Crippen molar-refractivity contribution in [1.29, 1.82) is 0 Å². The van der Waals surface area contributed by atoms with Gasteiger partial charge in [0.2, 0.25) is 5.91 Å². The van der Waals surface area contributed by atoms with Crippen LogP contribution in [0, 0.1) is 5.92 Å². The molecule has 1 fully saturated rings. The van der Waals surface area contributed by atoms with Gasteiger partial charge in [0.1, 0.15) is 0 Å². The summed E-state index contributed by atoms with van der Waals surface area (Å²) in [4.78, 5) is 11.3. The quantitative estimate of drug-likeness (QED) is 0.532. The van der Waals surface area contributed by atoms with Crippen LogP contribution in [0.5, 0.6) is 0 Å². The van der Waals surface area contributed by atoms with Crippen LogP contribution in [0.2, 0.25) is 0 Å². The fourth-order valence-corrected chi connectivity index (χ4v) is 3.08. The molecule has 0 aliphatic heterocycles. The number of hydrogen-bond acceptors (Lipinski definition) is 4. The van der Waals surface area contributed by atoms with Crippen molar-refractivity contribution in [3.05, 3.63) is 0 Å². The number of carbonyl (C=O) groups excluding carboxylic acids is 1. The van der Waals surface area contributed by atoms with Crippen LogP contribution in [-0.2, 0) is 13.7 Å². The van der Waals surface area contributed by atoms with Gasteiger partial charge in [-0.1, -0.05) is 12.8 Å². The number of rotatable bonds is 8. The first-order valence-electron chi connectivity index (χ1n) is 5.58. The summed E-state index contributed by atoms with van der Waals surface area (Å²) in [5.74, 6) is 1.33. The SMILES string of the molecule is CS(=O)(=O)SCCNC(=O)CCCC1CC1. The lowest BCUT2D eigenvalue weighted by atomic mass is 10.2. The first kappa shape index (κ1) is 13.8. The number of nitrogens with one attached hydrogen (secondary N) is 1. The highest BCUT2D eigenvalue weighted by molar-refractivity contribution is 8.71. The van der Waals surface area contributed by atoms with E-state index in [1.54, 1.807) is 0 Å². The number of amides is 1. The van der Waals surface area contributed by atoms with Crippen molar-refractivity contribution >= 4 is 25.6 Å². The standard InChI is InChI=1S/C10H19NO3S2/c1-16(13,14)15-8-7-11-10(12)4-2-3-9-5-6-9/h9H,2-8H2,1H3,(H,11,12). The second kappa shape index (κ2) is 6.49. The summed E-state index contributed by atoms with van der Waals surface area (Å²) in [6.07, 6.45) is 6.51. The van der Waals surface area contributed by atoms with Gasteiger partial charge in [-0.05, 0) is 29.6 Å². The monoisotopic (exact) mass is 265 g/mol. The van der Waals surface area contributed by atoms with Crippen LogP contribution >= 0.6 is 10.8 Å². The summed E-state index contributed by atoms with van der Waals surface area (Å²) in [6.45, 7) is 0.431. The summed E-state index contributed by atoms with van der Waals surface area (Å²) < 4.78 is 21.6. The molecule has 0 aromatic heterocycles. The highest BCUT2D eigenvalue weighted by atomic mass is 33.1. The van der Waals surface area contributed by atoms with Gasteiger partial charge in [0.15, 0.2) is 8.87 Å². The molecule has 4 nitrogen and oxygen atoms in total. The van der Waals surface area contributed by atoms with E-state index in [0.29, 0.717) is 18.7 Å². The Morgan fingerprint density at radius 1 is 1.44 bits per heavy atom. The zero-order chi connectivity index (χ0) is 12.0. The maximum Gasteiger partial charge on any atom is 0.220 e. The van der Waals surface area contributed by atoms with Crippen LogP contribution in [0.3, 0.4) is 0 Å². The summed E-state index contributed by atoms with van der Waals surface area (Å²) in [7, 11) is -2.10.